The van der Waals surface area contributed by atoms with Crippen molar-refractivity contribution in [2.24, 2.45) is 0 Å². The zero-order valence-corrected chi connectivity index (χ0v) is 29.8. The highest BCUT2D eigenvalue weighted by atomic mass is 31.2. The smallest absolute Gasteiger partial charge is 0.395 e. The molecule has 0 saturated heterocycles. The average Bonchev–Trinajstić information content (AvgIpc) is 2.81. The first-order valence-electron chi connectivity index (χ1n) is 15.2. The Labute approximate surface area is 258 Å². The SMILES string of the molecule is Cc1ccc(C(OP(O)Oc2c(C(C)(C)C)cc(C)cc2C(C)(C)C)c2ccc(C)cc2C(C)(C)C)c(C(C)(C)C)c1. The lowest BCUT2D eigenvalue weighted by atomic mass is 9.77. The maximum absolute atomic E-state index is 11.8. The van der Waals surface area contributed by atoms with Crippen LogP contribution in [0.15, 0.2) is 48.5 Å². The molecule has 0 aliphatic carbocycles. The van der Waals surface area contributed by atoms with Crippen molar-refractivity contribution >= 4 is 8.60 Å². The molecule has 230 valence electrons. The summed E-state index contributed by atoms with van der Waals surface area (Å²) in [5.74, 6) is 0.730. The molecule has 3 nitrogen and oxygen atoms in total. The number of hydrogen-bond acceptors (Lipinski definition) is 3. The maximum atomic E-state index is 11.8. The van der Waals surface area contributed by atoms with Crippen LogP contribution in [-0.4, -0.2) is 4.89 Å². The first kappa shape index (κ1) is 34.3. The van der Waals surface area contributed by atoms with Crippen molar-refractivity contribution < 1.29 is 13.9 Å². The Morgan fingerprint density at radius 1 is 0.524 bits per heavy atom. The molecule has 1 N–H and O–H groups in total. The standard InChI is InChI=1S/C38H55O3P/c1-24-16-18-27(29(20-24)35(4,5)6)33(28-19-17-25(2)21-30(28)36(7,8)9)40-42(39)41-34-31(37(10,11)12)22-26(3)23-32(34)38(13,14)15/h16-23,33,39H,1-15H3. The number of rotatable bonds is 6. The zero-order chi connectivity index (χ0) is 32.0. The molecule has 0 fully saturated rings. The summed E-state index contributed by atoms with van der Waals surface area (Å²) in [6, 6.07) is 17.5. The Balaban J connectivity index is 2.25. The van der Waals surface area contributed by atoms with Crippen molar-refractivity contribution in [1.82, 2.24) is 0 Å². The highest BCUT2D eigenvalue weighted by Gasteiger charge is 2.34. The van der Waals surface area contributed by atoms with Gasteiger partial charge in [-0.3, -0.25) is 4.52 Å². The molecule has 0 spiro atoms. The van der Waals surface area contributed by atoms with Crippen molar-refractivity contribution in [3.05, 3.63) is 98.6 Å². The fourth-order valence-electron chi connectivity index (χ4n) is 5.55. The normalized spacial score (nSPS) is 13.9. The molecule has 42 heavy (non-hydrogen) atoms. The topological polar surface area (TPSA) is 38.7 Å². The molecule has 1 unspecified atom stereocenters. The molecule has 0 heterocycles. The quantitative estimate of drug-likeness (QED) is 0.290. The summed E-state index contributed by atoms with van der Waals surface area (Å²) < 4.78 is 13.3. The van der Waals surface area contributed by atoms with E-state index < -0.39 is 14.7 Å². The van der Waals surface area contributed by atoms with Crippen LogP contribution in [0.1, 0.15) is 139 Å². The van der Waals surface area contributed by atoms with E-state index in [0.717, 1.165) is 28.0 Å². The van der Waals surface area contributed by atoms with Gasteiger partial charge in [0.25, 0.3) is 0 Å². The average molecular weight is 591 g/mol. The Morgan fingerprint density at radius 3 is 1.19 bits per heavy atom. The van der Waals surface area contributed by atoms with E-state index in [9.17, 15) is 4.89 Å². The Bertz CT molecular complexity index is 1310. The van der Waals surface area contributed by atoms with Crippen LogP contribution in [0.2, 0.25) is 0 Å². The van der Waals surface area contributed by atoms with E-state index in [-0.39, 0.29) is 21.7 Å². The van der Waals surface area contributed by atoms with E-state index >= 15 is 0 Å². The van der Waals surface area contributed by atoms with Crippen LogP contribution in [0.5, 0.6) is 5.75 Å². The van der Waals surface area contributed by atoms with Crippen molar-refractivity contribution in [3.63, 3.8) is 0 Å². The predicted molar refractivity (Wildman–Crippen MR) is 181 cm³/mol. The lowest BCUT2D eigenvalue weighted by Crippen LogP contribution is -2.22. The summed E-state index contributed by atoms with van der Waals surface area (Å²) in [6.45, 7) is 32.9. The molecule has 0 bridgehead atoms. The summed E-state index contributed by atoms with van der Waals surface area (Å²) in [7, 11) is -2.29. The van der Waals surface area contributed by atoms with Crippen molar-refractivity contribution in [1.29, 1.82) is 0 Å². The summed E-state index contributed by atoms with van der Waals surface area (Å²) in [6.07, 6.45) is -0.507. The van der Waals surface area contributed by atoms with Gasteiger partial charge in [0.1, 0.15) is 11.9 Å². The molecule has 4 heteroatoms. The molecule has 3 aromatic rings. The van der Waals surface area contributed by atoms with Gasteiger partial charge in [0.2, 0.25) is 0 Å². The molecule has 3 aromatic carbocycles. The van der Waals surface area contributed by atoms with Crippen LogP contribution >= 0.6 is 8.60 Å². The van der Waals surface area contributed by atoms with E-state index in [4.69, 9.17) is 9.05 Å². The van der Waals surface area contributed by atoms with Gasteiger partial charge in [0, 0.05) is 11.1 Å². The monoisotopic (exact) mass is 590 g/mol. The molecular weight excluding hydrogens is 535 g/mol. The summed E-state index contributed by atoms with van der Waals surface area (Å²) in [4.78, 5) is 11.8. The van der Waals surface area contributed by atoms with Gasteiger partial charge in [-0.1, -0.05) is 148 Å². The lowest BCUT2D eigenvalue weighted by molar-refractivity contribution is 0.203. The number of aryl methyl sites for hydroxylation is 3. The van der Waals surface area contributed by atoms with Crippen LogP contribution < -0.4 is 4.52 Å². The van der Waals surface area contributed by atoms with Gasteiger partial charge in [0.05, 0.1) is 0 Å². The Kier molecular flexibility index (Phi) is 9.85. The van der Waals surface area contributed by atoms with Gasteiger partial charge in [-0.05, 0) is 64.7 Å². The van der Waals surface area contributed by atoms with Gasteiger partial charge in [-0.15, -0.1) is 0 Å². The van der Waals surface area contributed by atoms with Crippen molar-refractivity contribution in [3.8, 4) is 5.75 Å². The van der Waals surface area contributed by atoms with Gasteiger partial charge in [-0.25, -0.2) is 0 Å². The predicted octanol–water partition coefficient (Wildman–Crippen LogP) is 11.2. The second-order valence-electron chi connectivity index (χ2n) is 16.2. The largest absolute Gasteiger partial charge is 0.426 e. The second-order valence-corrected chi connectivity index (χ2v) is 17.1. The molecule has 0 amide bonds. The second kappa shape index (κ2) is 12.1. The van der Waals surface area contributed by atoms with E-state index in [1.807, 2.05) is 0 Å². The molecule has 3 rings (SSSR count). The van der Waals surface area contributed by atoms with Crippen LogP contribution in [0.4, 0.5) is 0 Å². The minimum Gasteiger partial charge on any atom is -0.426 e. The fraction of sp³-hybridized carbons (Fsp3) is 0.526. The van der Waals surface area contributed by atoms with E-state index in [1.165, 1.54) is 27.8 Å². The third kappa shape index (κ3) is 8.04. The lowest BCUT2D eigenvalue weighted by Gasteiger charge is -2.34. The molecule has 0 saturated carbocycles. The van der Waals surface area contributed by atoms with E-state index in [2.05, 4.69) is 152 Å². The fourth-order valence-corrected chi connectivity index (χ4v) is 6.36. The summed E-state index contributed by atoms with van der Waals surface area (Å²) in [5, 5.41) is 0. The number of hydrogen-bond donors (Lipinski definition) is 1. The first-order valence-corrected chi connectivity index (χ1v) is 16.3. The van der Waals surface area contributed by atoms with Crippen molar-refractivity contribution in [2.45, 2.75) is 132 Å². The van der Waals surface area contributed by atoms with Crippen LogP contribution in [0.25, 0.3) is 0 Å². The molecule has 0 aliphatic heterocycles. The number of benzene rings is 3. The van der Waals surface area contributed by atoms with Gasteiger partial charge in [0.15, 0.2) is 0 Å². The van der Waals surface area contributed by atoms with Gasteiger partial charge in [-0.2, -0.15) is 0 Å². The van der Waals surface area contributed by atoms with Crippen LogP contribution in [-0.2, 0) is 26.2 Å². The Morgan fingerprint density at radius 2 is 0.857 bits per heavy atom. The summed E-state index contributed by atoms with van der Waals surface area (Å²) in [5.41, 5.74) is 9.67. The minimum atomic E-state index is -2.29. The molecule has 0 aromatic heterocycles. The highest BCUT2D eigenvalue weighted by Crippen LogP contribution is 2.51. The van der Waals surface area contributed by atoms with Gasteiger partial charge >= 0.3 is 8.60 Å². The highest BCUT2D eigenvalue weighted by molar-refractivity contribution is 7.41. The first-order chi connectivity index (χ1) is 19.0. The van der Waals surface area contributed by atoms with Crippen LogP contribution in [0.3, 0.4) is 0 Å². The van der Waals surface area contributed by atoms with E-state index in [0.29, 0.717) is 0 Å². The Hall–Kier alpha value is -2.19. The maximum Gasteiger partial charge on any atom is 0.395 e. The molecule has 0 aliphatic rings. The molecular formula is C38H55O3P. The third-order valence-electron chi connectivity index (χ3n) is 7.81. The van der Waals surface area contributed by atoms with E-state index in [1.54, 1.807) is 0 Å². The molecule has 1 atom stereocenters. The minimum absolute atomic E-state index is 0.121. The summed E-state index contributed by atoms with van der Waals surface area (Å²) >= 11 is 0. The van der Waals surface area contributed by atoms with Crippen molar-refractivity contribution in [2.75, 3.05) is 0 Å². The zero-order valence-electron chi connectivity index (χ0n) is 28.9. The van der Waals surface area contributed by atoms with Gasteiger partial charge < -0.3 is 9.42 Å². The van der Waals surface area contributed by atoms with Crippen LogP contribution in [0, 0.1) is 20.8 Å². The molecule has 0 radical (unpaired) electrons. The third-order valence-corrected chi connectivity index (χ3v) is 8.54.